The number of hydrogen-bond acceptors (Lipinski definition) is 4. The van der Waals surface area contributed by atoms with Crippen molar-refractivity contribution in [2.45, 2.75) is 32.2 Å². The summed E-state index contributed by atoms with van der Waals surface area (Å²) in [5.74, 6) is -0.308. The van der Waals surface area contributed by atoms with Crippen LogP contribution >= 0.6 is 0 Å². The third kappa shape index (κ3) is 4.40. The smallest absolute Gasteiger partial charge is 0.287 e. The summed E-state index contributed by atoms with van der Waals surface area (Å²) in [6.07, 6.45) is 3.61. The monoisotopic (exact) mass is 390 g/mol. The van der Waals surface area contributed by atoms with Crippen LogP contribution in [0.4, 0.5) is 0 Å². The van der Waals surface area contributed by atoms with Crippen molar-refractivity contribution in [3.05, 3.63) is 81.7 Å². The minimum Gasteiger partial charge on any atom is -0.451 e. The molecule has 1 aromatic heterocycles. The Labute approximate surface area is 170 Å². The van der Waals surface area contributed by atoms with Gasteiger partial charge in [-0.2, -0.15) is 0 Å². The molecular weight excluding hydrogens is 364 g/mol. The molecule has 2 heterocycles. The Bertz CT molecular complexity index is 1050. The van der Waals surface area contributed by atoms with Crippen LogP contribution in [-0.2, 0) is 0 Å². The molecule has 0 spiro atoms. The number of piperidine rings is 1. The fourth-order valence-corrected chi connectivity index (χ4v) is 3.97. The topological polar surface area (TPSA) is 62.6 Å². The van der Waals surface area contributed by atoms with Crippen LogP contribution < -0.4 is 10.7 Å². The second-order valence-corrected chi connectivity index (χ2v) is 7.70. The molecule has 1 aliphatic rings. The van der Waals surface area contributed by atoms with E-state index in [-0.39, 0.29) is 23.1 Å². The molecule has 29 heavy (non-hydrogen) atoms. The molecule has 0 saturated carbocycles. The van der Waals surface area contributed by atoms with Gasteiger partial charge in [-0.15, -0.1) is 0 Å². The number of para-hydroxylation sites is 1. The predicted molar refractivity (Wildman–Crippen MR) is 114 cm³/mol. The lowest BCUT2D eigenvalue weighted by atomic mass is 10.0. The van der Waals surface area contributed by atoms with Gasteiger partial charge >= 0.3 is 0 Å². The van der Waals surface area contributed by atoms with Gasteiger partial charge in [0.1, 0.15) is 5.58 Å². The summed E-state index contributed by atoms with van der Waals surface area (Å²) >= 11 is 0. The van der Waals surface area contributed by atoms with Crippen molar-refractivity contribution < 1.29 is 9.21 Å². The van der Waals surface area contributed by atoms with Crippen LogP contribution in [0.1, 0.15) is 47.0 Å². The molecule has 2 aromatic carbocycles. The molecule has 5 nitrogen and oxygen atoms in total. The lowest BCUT2D eigenvalue weighted by Gasteiger charge is -2.35. The zero-order valence-electron chi connectivity index (χ0n) is 16.7. The van der Waals surface area contributed by atoms with Crippen molar-refractivity contribution in [2.75, 3.05) is 19.6 Å². The fourth-order valence-electron chi connectivity index (χ4n) is 3.97. The first-order chi connectivity index (χ1) is 14.1. The Kier molecular flexibility index (Phi) is 5.76. The van der Waals surface area contributed by atoms with Crippen LogP contribution in [0, 0.1) is 6.92 Å². The van der Waals surface area contributed by atoms with Crippen molar-refractivity contribution >= 4 is 16.9 Å². The van der Waals surface area contributed by atoms with Crippen molar-refractivity contribution in [3.63, 3.8) is 0 Å². The average molecular weight is 390 g/mol. The Morgan fingerprint density at radius 1 is 1.07 bits per heavy atom. The fraction of sp³-hybridized carbons (Fsp3) is 0.333. The maximum absolute atomic E-state index is 12.8. The van der Waals surface area contributed by atoms with Crippen molar-refractivity contribution in [2.24, 2.45) is 0 Å². The molecule has 5 heteroatoms. The summed E-state index contributed by atoms with van der Waals surface area (Å²) in [6, 6.07) is 16.8. The number of carbonyl (C=O) groups excluding carboxylic acids is 1. The Morgan fingerprint density at radius 3 is 2.55 bits per heavy atom. The zero-order valence-corrected chi connectivity index (χ0v) is 16.7. The second kappa shape index (κ2) is 8.62. The predicted octanol–water partition coefficient (Wildman–Crippen LogP) is 4.06. The van der Waals surface area contributed by atoms with Crippen LogP contribution in [0.3, 0.4) is 0 Å². The van der Waals surface area contributed by atoms with Crippen LogP contribution in [0.5, 0.6) is 0 Å². The molecule has 0 bridgehead atoms. The van der Waals surface area contributed by atoms with E-state index in [4.69, 9.17) is 4.42 Å². The van der Waals surface area contributed by atoms with Gasteiger partial charge in [0.05, 0.1) is 11.4 Å². The van der Waals surface area contributed by atoms with E-state index in [1.807, 2.05) is 0 Å². The normalized spacial score (nSPS) is 15.9. The van der Waals surface area contributed by atoms with Crippen LogP contribution in [-0.4, -0.2) is 30.4 Å². The molecule has 0 unspecified atom stereocenters. The van der Waals surface area contributed by atoms with E-state index >= 15 is 0 Å². The van der Waals surface area contributed by atoms with Crippen molar-refractivity contribution in [1.29, 1.82) is 0 Å². The maximum atomic E-state index is 12.8. The third-order valence-electron chi connectivity index (χ3n) is 5.61. The number of fused-ring (bicyclic) bond motifs is 1. The van der Waals surface area contributed by atoms with Crippen LogP contribution in [0.2, 0.25) is 0 Å². The molecule has 1 amide bonds. The van der Waals surface area contributed by atoms with Gasteiger partial charge in [-0.25, -0.2) is 0 Å². The van der Waals surface area contributed by atoms with Gasteiger partial charge in [-0.3, -0.25) is 14.5 Å². The van der Waals surface area contributed by atoms with Gasteiger partial charge in [-0.05, 0) is 50.6 Å². The highest BCUT2D eigenvalue weighted by Gasteiger charge is 2.23. The van der Waals surface area contributed by atoms with Crippen molar-refractivity contribution in [3.8, 4) is 0 Å². The van der Waals surface area contributed by atoms with Gasteiger partial charge in [0.2, 0.25) is 0 Å². The molecule has 1 aliphatic heterocycles. The number of nitrogens with zero attached hydrogens (tertiary/aromatic N) is 1. The quantitative estimate of drug-likeness (QED) is 0.714. The number of rotatable bonds is 5. The molecule has 1 N–H and O–H groups in total. The second-order valence-electron chi connectivity index (χ2n) is 7.70. The third-order valence-corrected chi connectivity index (χ3v) is 5.61. The standard InChI is InChI=1S/C24H26N2O3/c1-17-9-11-18(12-10-17)20(26-13-5-2-6-14-26)16-25-24(28)23-15-21(27)19-7-3-4-8-22(19)29-23/h3-4,7-12,15,20H,2,5-6,13-14,16H2,1H3,(H,25,28)/t20-/m1/s1. The maximum Gasteiger partial charge on any atom is 0.287 e. The van der Waals surface area contributed by atoms with Crippen LogP contribution in [0.25, 0.3) is 11.0 Å². The molecule has 0 aliphatic carbocycles. The first kappa shape index (κ1) is 19.4. The lowest BCUT2D eigenvalue weighted by molar-refractivity contribution is 0.0897. The minimum absolute atomic E-state index is 0.0509. The molecule has 1 atom stereocenters. The Hall–Kier alpha value is -2.92. The van der Waals surface area contributed by atoms with Gasteiger partial charge in [-0.1, -0.05) is 48.4 Å². The highest BCUT2D eigenvalue weighted by atomic mass is 16.3. The molecule has 150 valence electrons. The Balaban J connectivity index is 1.54. The molecule has 1 fully saturated rings. The lowest BCUT2D eigenvalue weighted by Crippen LogP contribution is -2.40. The molecular formula is C24H26N2O3. The number of aryl methyl sites for hydroxylation is 1. The SMILES string of the molecule is Cc1ccc([C@@H](CNC(=O)c2cc(=O)c3ccccc3o2)N2CCCCC2)cc1. The van der Waals surface area contributed by atoms with E-state index in [1.54, 1.807) is 24.3 Å². The van der Waals surface area contributed by atoms with Gasteiger partial charge in [0.15, 0.2) is 11.2 Å². The zero-order chi connectivity index (χ0) is 20.2. The summed E-state index contributed by atoms with van der Waals surface area (Å²) in [6.45, 7) is 4.60. The summed E-state index contributed by atoms with van der Waals surface area (Å²) in [4.78, 5) is 27.5. The van der Waals surface area contributed by atoms with Gasteiger partial charge in [0, 0.05) is 12.6 Å². The first-order valence-corrected chi connectivity index (χ1v) is 10.2. The summed E-state index contributed by atoms with van der Waals surface area (Å²) in [5.41, 5.74) is 2.63. The van der Waals surface area contributed by atoms with E-state index in [0.29, 0.717) is 17.5 Å². The number of benzene rings is 2. The number of carbonyl (C=O) groups is 1. The summed E-state index contributed by atoms with van der Waals surface area (Å²) in [7, 11) is 0. The van der Waals surface area contributed by atoms with Crippen LogP contribution in [0.15, 0.2) is 63.8 Å². The number of hydrogen-bond donors (Lipinski definition) is 1. The largest absolute Gasteiger partial charge is 0.451 e. The molecule has 4 rings (SSSR count). The molecule has 3 aromatic rings. The van der Waals surface area contributed by atoms with E-state index < -0.39 is 0 Å². The number of amides is 1. The van der Waals surface area contributed by atoms with Gasteiger partial charge < -0.3 is 9.73 Å². The summed E-state index contributed by atoms with van der Waals surface area (Å²) in [5, 5.41) is 3.47. The van der Waals surface area contributed by atoms with E-state index in [9.17, 15) is 9.59 Å². The first-order valence-electron chi connectivity index (χ1n) is 10.2. The number of nitrogens with one attached hydrogen (secondary N) is 1. The summed E-state index contributed by atoms with van der Waals surface area (Å²) < 4.78 is 5.68. The van der Waals surface area contributed by atoms with Crippen molar-refractivity contribution in [1.82, 2.24) is 10.2 Å². The average Bonchev–Trinajstić information content (AvgIpc) is 2.75. The highest BCUT2D eigenvalue weighted by molar-refractivity contribution is 5.93. The Morgan fingerprint density at radius 2 is 1.79 bits per heavy atom. The molecule has 0 radical (unpaired) electrons. The number of likely N-dealkylation sites (tertiary alicyclic amines) is 1. The van der Waals surface area contributed by atoms with Gasteiger partial charge in [0.25, 0.3) is 5.91 Å². The van der Waals surface area contributed by atoms with E-state index in [1.165, 1.54) is 36.5 Å². The van der Waals surface area contributed by atoms with E-state index in [2.05, 4.69) is 41.4 Å². The minimum atomic E-state index is -0.359. The van der Waals surface area contributed by atoms with E-state index in [0.717, 1.165) is 13.1 Å². The highest BCUT2D eigenvalue weighted by Crippen LogP contribution is 2.24. The molecule has 1 saturated heterocycles.